The molecule has 2 rings (SSSR count). The summed E-state index contributed by atoms with van der Waals surface area (Å²) in [5, 5.41) is 0. The van der Waals surface area contributed by atoms with Gasteiger partial charge in [0, 0.05) is 18.0 Å². The van der Waals surface area contributed by atoms with Gasteiger partial charge in [0.05, 0.1) is 19.1 Å². The highest BCUT2D eigenvalue weighted by molar-refractivity contribution is 5.52. The van der Waals surface area contributed by atoms with Crippen molar-refractivity contribution in [2.24, 2.45) is 0 Å². The zero-order valence-electron chi connectivity index (χ0n) is 8.34. The Balaban J connectivity index is 2.54. The molecule has 0 fully saturated rings. The maximum atomic E-state index is 5.32. The van der Waals surface area contributed by atoms with E-state index in [2.05, 4.69) is 10.9 Å². The Morgan fingerprint density at radius 3 is 2.93 bits per heavy atom. The Morgan fingerprint density at radius 2 is 2.33 bits per heavy atom. The normalized spacial score (nSPS) is 9.60. The summed E-state index contributed by atoms with van der Waals surface area (Å²) in [5.41, 5.74) is 1.73. The Hall–Kier alpha value is -2.21. The third kappa shape index (κ3) is 1.70. The minimum absolute atomic E-state index is 0.739. The summed E-state index contributed by atoms with van der Waals surface area (Å²) >= 11 is 0. The van der Waals surface area contributed by atoms with Crippen LogP contribution in [0.1, 0.15) is 5.56 Å². The SMILES string of the molecule is C#Cc1ccc(-n2ccnc2)c(OC)c1. The molecule has 0 saturated carbocycles. The summed E-state index contributed by atoms with van der Waals surface area (Å²) in [6.07, 6.45) is 10.6. The molecule has 0 unspecified atom stereocenters. The molecule has 3 nitrogen and oxygen atoms in total. The number of benzene rings is 1. The second kappa shape index (κ2) is 3.89. The summed E-state index contributed by atoms with van der Waals surface area (Å²) < 4.78 is 7.14. The van der Waals surface area contributed by atoms with Gasteiger partial charge in [0.25, 0.3) is 0 Å². The van der Waals surface area contributed by atoms with E-state index < -0.39 is 0 Å². The van der Waals surface area contributed by atoms with Crippen molar-refractivity contribution < 1.29 is 4.74 Å². The van der Waals surface area contributed by atoms with Gasteiger partial charge in [-0.1, -0.05) is 5.92 Å². The van der Waals surface area contributed by atoms with Crippen LogP contribution in [0.2, 0.25) is 0 Å². The van der Waals surface area contributed by atoms with E-state index in [1.165, 1.54) is 0 Å². The third-order valence-electron chi connectivity index (χ3n) is 2.13. The first-order valence-corrected chi connectivity index (χ1v) is 4.48. The first-order valence-electron chi connectivity index (χ1n) is 4.48. The first kappa shape index (κ1) is 9.35. The van der Waals surface area contributed by atoms with Crippen molar-refractivity contribution in [1.29, 1.82) is 0 Å². The van der Waals surface area contributed by atoms with Gasteiger partial charge in [0.2, 0.25) is 0 Å². The predicted octanol–water partition coefficient (Wildman–Crippen LogP) is 1.86. The van der Waals surface area contributed by atoms with Crippen molar-refractivity contribution in [3.63, 3.8) is 0 Å². The van der Waals surface area contributed by atoms with E-state index in [4.69, 9.17) is 11.2 Å². The van der Waals surface area contributed by atoms with Crippen LogP contribution < -0.4 is 4.74 Å². The van der Waals surface area contributed by atoms with Crippen LogP contribution in [0.5, 0.6) is 5.75 Å². The minimum Gasteiger partial charge on any atom is -0.495 e. The molecule has 0 bridgehead atoms. The highest BCUT2D eigenvalue weighted by Gasteiger charge is 2.04. The summed E-state index contributed by atoms with van der Waals surface area (Å²) in [5.74, 6) is 3.31. The van der Waals surface area contributed by atoms with Crippen molar-refractivity contribution in [2.75, 3.05) is 7.11 Å². The van der Waals surface area contributed by atoms with Crippen LogP contribution in [-0.4, -0.2) is 16.7 Å². The molecule has 74 valence electrons. The largest absolute Gasteiger partial charge is 0.495 e. The molecule has 0 saturated heterocycles. The maximum absolute atomic E-state index is 5.32. The molecule has 0 atom stereocenters. The molecule has 0 radical (unpaired) electrons. The van der Waals surface area contributed by atoms with E-state index in [1.54, 1.807) is 19.6 Å². The van der Waals surface area contributed by atoms with Crippen LogP contribution in [0.4, 0.5) is 0 Å². The van der Waals surface area contributed by atoms with Gasteiger partial charge in [-0.05, 0) is 18.2 Å². The van der Waals surface area contributed by atoms with E-state index in [-0.39, 0.29) is 0 Å². The molecule has 15 heavy (non-hydrogen) atoms. The van der Waals surface area contributed by atoms with Crippen molar-refractivity contribution in [1.82, 2.24) is 9.55 Å². The molecular weight excluding hydrogens is 188 g/mol. The Kier molecular flexibility index (Phi) is 2.42. The molecule has 0 aliphatic rings. The lowest BCUT2D eigenvalue weighted by Crippen LogP contribution is -1.95. The molecule has 0 spiro atoms. The van der Waals surface area contributed by atoms with Crippen LogP contribution in [0.25, 0.3) is 5.69 Å². The van der Waals surface area contributed by atoms with E-state index in [9.17, 15) is 0 Å². The lowest BCUT2D eigenvalue weighted by molar-refractivity contribution is 0.413. The average Bonchev–Trinajstić information content (AvgIpc) is 2.81. The number of nitrogens with zero attached hydrogens (tertiary/aromatic N) is 2. The molecule has 0 aliphatic heterocycles. The molecule has 0 amide bonds. The van der Waals surface area contributed by atoms with Crippen LogP contribution in [0.3, 0.4) is 0 Å². The standard InChI is InChI=1S/C12H10N2O/c1-3-10-4-5-11(12(8-10)15-2)14-7-6-13-9-14/h1,4-9H,2H3. The highest BCUT2D eigenvalue weighted by atomic mass is 16.5. The number of rotatable bonds is 2. The fraction of sp³-hybridized carbons (Fsp3) is 0.0833. The van der Waals surface area contributed by atoms with Gasteiger partial charge in [-0.25, -0.2) is 4.98 Å². The molecule has 3 heteroatoms. The van der Waals surface area contributed by atoms with Gasteiger partial charge in [-0.15, -0.1) is 6.42 Å². The second-order valence-electron chi connectivity index (χ2n) is 3.00. The first-order chi connectivity index (χ1) is 7.35. The molecule has 0 aliphatic carbocycles. The lowest BCUT2D eigenvalue weighted by atomic mass is 10.2. The van der Waals surface area contributed by atoms with Gasteiger partial charge in [0.1, 0.15) is 5.75 Å². The molecular formula is C12H10N2O. The van der Waals surface area contributed by atoms with E-state index in [0.717, 1.165) is 17.0 Å². The second-order valence-corrected chi connectivity index (χ2v) is 3.00. The summed E-state index contributed by atoms with van der Waals surface area (Å²) in [6, 6.07) is 5.61. The van der Waals surface area contributed by atoms with Gasteiger partial charge >= 0.3 is 0 Å². The number of imidazole rings is 1. The van der Waals surface area contributed by atoms with Gasteiger partial charge < -0.3 is 9.30 Å². The van der Waals surface area contributed by atoms with Crippen LogP contribution in [0.15, 0.2) is 36.9 Å². The number of methoxy groups -OCH3 is 1. The number of terminal acetylenes is 1. The van der Waals surface area contributed by atoms with Gasteiger partial charge in [0.15, 0.2) is 0 Å². The fourth-order valence-electron chi connectivity index (χ4n) is 1.38. The average molecular weight is 198 g/mol. The Labute approximate surface area is 88.3 Å². The Morgan fingerprint density at radius 1 is 1.47 bits per heavy atom. The van der Waals surface area contributed by atoms with Crippen molar-refractivity contribution in [3.8, 4) is 23.8 Å². The number of hydrogen-bond donors (Lipinski definition) is 0. The fourth-order valence-corrected chi connectivity index (χ4v) is 1.38. The summed E-state index contributed by atoms with van der Waals surface area (Å²) in [6.45, 7) is 0. The van der Waals surface area contributed by atoms with E-state index in [1.807, 2.05) is 29.0 Å². The van der Waals surface area contributed by atoms with Crippen LogP contribution >= 0.6 is 0 Å². The van der Waals surface area contributed by atoms with Crippen molar-refractivity contribution in [2.45, 2.75) is 0 Å². The number of aromatic nitrogens is 2. The third-order valence-corrected chi connectivity index (χ3v) is 2.13. The zero-order valence-corrected chi connectivity index (χ0v) is 8.34. The van der Waals surface area contributed by atoms with Gasteiger partial charge in [-0.2, -0.15) is 0 Å². The zero-order chi connectivity index (χ0) is 10.7. The number of ether oxygens (including phenoxy) is 1. The molecule has 2 aromatic rings. The smallest absolute Gasteiger partial charge is 0.144 e. The van der Waals surface area contributed by atoms with E-state index in [0.29, 0.717) is 0 Å². The minimum atomic E-state index is 0.739. The van der Waals surface area contributed by atoms with Crippen molar-refractivity contribution >= 4 is 0 Å². The summed E-state index contributed by atoms with van der Waals surface area (Å²) in [4.78, 5) is 3.98. The quantitative estimate of drug-likeness (QED) is 0.689. The highest BCUT2D eigenvalue weighted by Crippen LogP contribution is 2.23. The summed E-state index contributed by atoms with van der Waals surface area (Å²) in [7, 11) is 1.62. The molecule has 1 aromatic heterocycles. The molecule has 0 N–H and O–H groups in total. The van der Waals surface area contributed by atoms with Crippen LogP contribution in [0, 0.1) is 12.3 Å². The number of hydrogen-bond acceptors (Lipinski definition) is 2. The topological polar surface area (TPSA) is 27.1 Å². The van der Waals surface area contributed by atoms with Crippen molar-refractivity contribution in [3.05, 3.63) is 42.5 Å². The molecule has 1 heterocycles. The predicted molar refractivity (Wildman–Crippen MR) is 58.1 cm³/mol. The van der Waals surface area contributed by atoms with E-state index >= 15 is 0 Å². The van der Waals surface area contributed by atoms with Gasteiger partial charge in [-0.3, -0.25) is 0 Å². The monoisotopic (exact) mass is 198 g/mol. The lowest BCUT2D eigenvalue weighted by Gasteiger charge is -2.09. The molecule has 1 aromatic carbocycles. The Bertz CT molecular complexity index is 495. The maximum Gasteiger partial charge on any atom is 0.144 e. The van der Waals surface area contributed by atoms with Crippen LogP contribution in [-0.2, 0) is 0 Å².